The molecule has 1 aliphatic rings. The minimum Gasteiger partial charge on any atom is -0.497 e. The highest BCUT2D eigenvalue weighted by Crippen LogP contribution is 2.29. The van der Waals surface area contributed by atoms with Gasteiger partial charge in [-0.2, -0.15) is 0 Å². The molecule has 0 aromatic heterocycles. The van der Waals surface area contributed by atoms with Crippen LogP contribution >= 0.6 is 12.4 Å². The van der Waals surface area contributed by atoms with E-state index in [9.17, 15) is 9.90 Å². The number of carbonyl (C=O) groups excluding carboxylic acids is 1. The quantitative estimate of drug-likeness (QED) is 0.726. The average molecular weight is 331 g/mol. The van der Waals surface area contributed by atoms with Crippen molar-refractivity contribution in [2.24, 2.45) is 0 Å². The van der Waals surface area contributed by atoms with Crippen LogP contribution in [0.2, 0.25) is 0 Å². The van der Waals surface area contributed by atoms with Gasteiger partial charge in [0.1, 0.15) is 11.5 Å². The molecule has 2 unspecified atom stereocenters. The summed E-state index contributed by atoms with van der Waals surface area (Å²) in [6, 6.07) is 5.06. The third-order valence-corrected chi connectivity index (χ3v) is 3.64. The maximum atomic E-state index is 11.9. The van der Waals surface area contributed by atoms with Crippen LogP contribution in [-0.2, 0) is 4.79 Å². The normalized spacial score (nSPS) is 18.2. The molecule has 1 amide bonds. The van der Waals surface area contributed by atoms with Crippen LogP contribution < -0.4 is 20.1 Å². The summed E-state index contributed by atoms with van der Waals surface area (Å²) in [6.07, 6.45) is 0.995. The summed E-state index contributed by atoms with van der Waals surface area (Å²) >= 11 is 0. The van der Waals surface area contributed by atoms with E-state index in [0.29, 0.717) is 17.1 Å². The van der Waals surface area contributed by atoms with Crippen molar-refractivity contribution >= 4 is 18.3 Å². The highest BCUT2D eigenvalue weighted by atomic mass is 35.5. The predicted octanol–water partition coefficient (Wildman–Crippen LogP) is 1.03. The summed E-state index contributed by atoms with van der Waals surface area (Å²) in [5, 5.41) is 16.2. The Morgan fingerprint density at radius 3 is 2.82 bits per heavy atom. The van der Waals surface area contributed by atoms with Gasteiger partial charge in [-0.3, -0.25) is 4.79 Å². The minimum absolute atomic E-state index is 0. The first-order valence-electron chi connectivity index (χ1n) is 7.06. The van der Waals surface area contributed by atoms with E-state index < -0.39 is 6.10 Å². The van der Waals surface area contributed by atoms with Gasteiger partial charge in [-0.25, -0.2) is 0 Å². The molecule has 1 saturated heterocycles. The Labute approximate surface area is 136 Å². The third-order valence-electron chi connectivity index (χ3n) is 3.64. The second-order valence-electron chi connectivity index (χ2n) is 5.02. The number of hydrogen-bond acceptors (Lipinski definition) is 5. The molecular formula is C15H23ClN2O4. The second-order valence-corrected chi connectivity index (χ2v) is 5.02. The van der Waals surface area contributed by atoms with Crippen LogP contribution in [0.4, 0.5) is 0 Å². The molecule has 6 nitrogen and oxygen atoms in total. The number of hydrogen-bond donors (Lipinski definition) is 3. The zero-order valence-corrected chi connectivity index (χ0v) is 13.6. The number of benzene rings is 1. The minimum atomic E-state index is -0.847. The van der Waals surface area contributed by atoms with Gasteiger partial charge in [-0.15, -0.1) is 12.4 Å². The fourth-order valence-electron chi connectivity index (χ4n) is 2.44. The lowest BCUT2D eigenvalue weighted by Crippen LogP contribution is -2.41. The summed E-state index contributed by atoms with van der Waals surface area (Å²) in [5.74, 6) is 1.12. The van der Waals surface area contributed by atoms with Crippen LogP contribution in [-0.4, -0.2) is 44.4 Å². The largest absolute Gasteiger partial charge is 0.497 e. The average Bonchev–Trinajstić information content (AvgIpc) is 3.06. The molecule has 124 valence electrons. The van der Waals surface area contributed by atoms with E-state index in [1.165, 1.54) is 0 Å². The van der Waals surface area contributed by atoms with Crippen molar-refractivity contribution in [2.45, 2.75) is 25.0 Å². The Morgan fingerprint density at radius 1 is 1.45 bits per heavy atom. The first-order chi connectivity index (χ1) is 10.2. The number of carbonyl (C=O) groups is 1. The van der Waals surface area contributed by atoms with Gasteiger partial charge in [0.05, 0.1) is 26.4 Å². The zero-order chi connectivity index (χ0) is 15.2. The van der Waals surface area contributed by atoms with Gasteiger partial charge in [0.25, 0.3) is 0 Å². The Hall–Kier alpha value is -1.50. The molecule has 0 bridgehead atoms. The van der Waals surface area contributed by atoms with E-state index in [0.717, 1.165) is 19.4 Å². The van der Waals surface area contributed by atoms with Crippen molar-refractivity contribution in [1.29, 1.82) is 0 Å². The van der Waals surface area contributed by atoms with Crippen molar-refractivity contribution in [1.82, 2.24) is 10.6 Å². The summed E-state index contributed by atoms with van der Waals surface area (Å²) in [4.78, 5) is 11.9. The number of rotatable bonds is 6. The molecule has 1 aliphatic heterocycles. The van der Waals surface area contributed by atoms with Gasteiger partial charge in [-0.05, 0) is 37.6 Å². The molecule has 22 heavy (non-hydrogen) atoms. The fraction of sp³-hybridized carbons (Fsp3) is 0.533. The Bertz CT molecular complexity index is 492. The van der Waals surface area contributed by atoms with E-state index in [-0.39, 0.29) is 30.9 Å². The van der Waals surface area contributed by atoms with E-state index >= 15 is 0 Å². The van der Waals surface area contributed by atoms with E-state index in [1.807, 2.05) is 0 Å². The molecule has 1 aromatic rings. The molecule has 0 aliphatic carbocycles. The topological polar surface area (TPSA) is 79.8 Å². The molecule has 1 fully saturated rings. The lowest BCUT2D eigenvalue weighted by Gasteiger charge is -2.18. The van der Waals surface area contributed by atoms with Crippen molar-refractivity contribution < 1.29 is 19.4 Å². The molecule has 1 aromatic carbocycles. The van der Waals surface area contributed by atoms with Gasteiger partial charge in [0.2, 0.25) is 5.91 Å². The highest BCUT2D eigenvalue weighted by Gasteiger charge is 2.23. The fourth-order valence-corrected chi connectivity index (χ4v) is 2.44. The number of halogens is 1. The standard InChI is InChI=1S/C15H22N2O4.ClH/c1-20-10-5-6-14(21-2)11(8-10)13(18)9-17-15(19)12-4-3-7-16-12;/h5-6,8,12-13,16,18H,3-4,7,9H2,1-2H3,(H,17,19);1H. The van der Waals surface area contributed by atoms with Gasteiger partial charge in [-0.1, -0.05) is 0 Å². The number of amides is 1. The van der Waals surface area contributed by atoms with Crippen LogP contribution in [0.15, 0.2) is 18.2 Å². The number of aliphatic hydroxyl groups excluding tert-OH is 1. The van der Waals surface area contributed by atoms with Gasteiger partial charge >= 0.3 is 0 Å². The zero-order valence-electron chi connectivity index (χ0n) is 12.8. The Balaban J connectivity index is 0.00000242. The van der Waals surface area contributed by atoms with Crippen LogP contribution in [0.5, 0.6) is 11.5 Å². The maximum Gasteiger partial charge on any atom is 0.237 e. The van der Waals surface area contributed by atoms with E-state index in [4.69, 9.17) is 9.47 Å². The van der Waals surface area contributed by atoms with E-state index in [1.54, 1.807) is 32.4 Å². The van der Waals surface area contributed by atoms with Crippen LogP contribution in [0.1, 0.15) is 24.5 Å². The van der Waals surface area contributed by atoms with Crippen molar-refractivity contribution in [3.05, 3.63) is 23.8 Å². The lowest BCUT2D eigenvalue weighted by molar-refractivity contribution is -0.123. The SMILES string of the molecule is COc1ccc(OC)c(C(O)CNC(=O)C2CCCN2)c1.Cl. The number of nitrogens with one attached hydrogen (secondary N) is 2. The van der Waals surface area contributed by atoms with Crippen LogP contribution in [0.3, 0.4) is 0 Å². The maximum absolute atomic E-state index is 11.9. The molecule has 0 saturated carbocycles. The summed E-state index contributed by atoms with van der Waals surface area (Å²) < 4.78 is 10.4. The van der Waals surface area contributed by atoms with E-state index in [2.05, 4.69) is 10.6 Å². The highest BCUT2D eigenvalue weighted by molar-refractivity contribution is 5.85. The second kappa shape index (κ2) is 8.82. The molecule has 0 spiro atoms. The first kappa shape index (κ1) is 18.5. The molecular weight excluding hydrogens is 308 g/mol. The predicted molar refractivity (Wildman–Crippen MR) is 85.8 cm³/mol. The number of ether oxygens (including phenoxy) is 2. The van der Waals surface area contributed by atoms with Crippen LogP contribution in [0.25, 0.3) is 0 Å². The molecule has 2 rings (SSSR count). The van der Waals surface area contributed by atoms with Crippen LogP contribution in [0, 0.1) is 0 Å². The number of methoxy groups -OCH3 is 2. The smallest absolute Gasteiger partial charge is 0.237 e. The van der Waals surface area contributed by atoms with Gasteiger partial charge in [0, 0.05) is 12.1 Å². The Kier molecular flexibility index (Phi) is 7.44. The van der Waals surface area contributed by atoms with Gasteiger partial charge in [0.15, 0.2) is 0 Å². The van der Waals surface area contributed by atoms with Crippen molar-refractivity contribution in [3.8, 4) is 11.5 Å². The van der Waals surface area contributed by atoms with Crippen molar-refractivity contribution in [2.75, 3.05) is 27.3 Å². The lowest BCUT2D eigenvalue weighted by atomic mass is 10.1. The molecule has 1 heterocycles. The Morgan fingerprint density at radius 2 is 2.23 bits per heavy atom. The van der Waals surface area contributed by atoms with Gasteiger partial charge < -0.3 is 25.2 Å². The molecule has 0 radical (unpaired) electrons. The molecule has 7 heteroatoms. The molecule has 3 N–H and O–H groups in total. The monoisotopic (exact) mass is 330 g/mol. The summed E-state index contributed by atoms with van der Waals surface area (Å²) in [6.45, 7) is 1.00. The van der Waals surface area contributed by atoms with Crippen molar-refractivity contribution in [3.63, 3.8) is 0 Å². The summed E-state index contributed by atoms with van der Waals surface area (Å²) in [5.41, 5.74) is 0.594. The first-order valence-corrected chi connectivity index (χ1v) is 7.06. The molecule has 2 atom stereocenters. The summed E-state index contributed by atoms with van der Waals surface area (Å²) in [7, 11) is 3.10. The number of aliphatic hydroxyl groups is 1. The third kappa shape index (κ3) is 4.50.